The van der Waals surface area contributed by atoms with Crippen LogP contribution in [0.2, 0.25) is 0 Å². The number of ether oxygens (including phenoxy) is 2. The highest BCUT2D eigenvalue weighted by atomic mass is 16.6. The fraction of sp³-hybridized carbons (Fsp3) is 0.600. The minimum atomic E-state index is -0.933. The largest absolute Gasteiger partial charge is 0.504 e. The smallest absolute Gasteiger partial charge is 0.323 e. The zero-order chi connectivity index (χ0) is 20.0. The van der Waals surface area contributed by atoms with Gasteiger partial charge in [0.2, 0.25) is 0 Å². The minimum absolute atomic E-state index is 0.0615. The van der Waals surface area contributed by atoms with Crippen LogP contribution in [0.4, 0.5) is 0 Å². The van der Waals surface area contributed by atoms with Gasteiger partial charge in [-0.2, -0.15) is 0 Å². The lowest BCUT2D eigenvalue weighted by atomic mass is 9.89. The number of esters is 2. The molecule has 150 valence electrons. The maximum absolute atomic E-state index is 12.2. The molecule has 1 aliphatic rings. The van der Waals surface area contributed by atoms with Crippen LogP contribution in [0.25, 0.3) is 0 Å². The summed E-state index contributed by atoms with van der Waals surface area (Å²) in [5, 5.41) is 18.8. The maximum Gasteiger partial charge on any atom is 0.323 e. The minimum Gasteiger partial charge on any atom is -0.504 e. The number of carbonyl (C=O) groups is 2. The van der Waals surface area contributed by atoms with Crippen molar-refractivity contribution in [2.45, 2.75) is 70.6 Å². The zero-order valence-electron chi connectivity index (χ0n) is 15.9. The lowest BCUT2D eigenvalue weighted by molar-refractivity contribution is -0.169. The molecule has 0 saturated heterocycles. The molecule has 0 amide bonds. The van der Waals surface area contributed by atoms with Crippen LogP contribution in [0.5, 0.6) is 11.5 Å². The highest BCUT2D eigenvalue weighted by Gasteiger charge is 2.28. The van der Waals surface area contributed by atoms with E-state index in [4.69, 9.17) is 15.2 Å². The summed E-state index contributed by atoms with van der Waals surface area (Å²) < 4.78 is 10.8. The Morgan fingerprint density at radius 3 is 2.33 bits per heavy atom. The number of phenolic OH excluding ortho intramolecular Hbond substituents is 2. The number of nitrogens with two attached hydrogens (primary N) is 1. The molecule has 1 fully saturated rings. The quantitative estimate of drug-likeness (QED) is 0.491. The average molecular weight is 379 g/mol. The van der Waals surface area contributed by atoms with Gasteiger partial charge in [0.05, 0.1) is 5.92 Å². The Bertz CT molecular complexity index is 656. The number of rotatable bonds is 7. The van der Waals surface area contributed by atoms with Gasteiger partial charge in [-0.3, -0.25) is 9.59 Å². The van der Waals surface area contributed by atoms with Gasteiger partial charge in [-0.25, -0.2) is 0 Å². The van der Waals surface area contributed by atoms with E-state index in [1.165, 1.54) is 12.1 Å². The monoisotopic (exact) mass is 379 g/mol. The summed E-state index contributed by atoms with van der Waals surface area (Å²) in [6.07, 6.45) is 3.91. The molecule has 0 aliphatic heterocycles. The Balaban J connectivity index is 1.81. The van der Waals surface area contributed by atoms with Crippen molar-refractivity contribution in [1.82, 2.24) is 0 Å². The van der Waals surface area contributed by atoms with Crippen LogP contribution < -0.4 is 5.73 Å². The summed E-state index contributed by atoms with van der Waals surface area (Å²) in [6.45, 7) is 3.36. The van der Waals surface area contributed by atoms with Crippen molar-refractivity contribution in [2.75, 3.05) is 0 Å². The zero-order valence-corrected chi connectivity index (χ0v) is 15.9. The highest BCUT2D eigenvalue weighted by molar-refractivity contribution is 5.76. The number of hydrogen-bond acceptors (Lipinski definition) is 7. The Morgan fingerprint density at radius 2 is 1.70 bits per heavy atom. The molecule has 27 heavy (non-hydrogen) atoms. The standard InChI is InChI=1S/C20H29NO6/c1-12(26-19(24)15-6-4-3-5-7-15)13(2)27-20(25)16(21)10-14-8-9-17(22)18(23)11-14/h8-9,11-13,15-16,22-23H,3-7,10,21H2,1-2H3/t12-,13-,16-/m0/s1. The molecule has 7 heteroatoms. The molecule has 1 aromatic carbocycles. The van der Waals surface area contributed by atoms with Gasteiger partial charge < -0.3 is 25.4 Å². The molecule has 1 saturated carbocycles. The highest BCUT2D eigenvalue weighted by Crippen LogP contribution is 2.26. The van der Waals surface area contributed by atoms with Crippen LogP contribution in [0.1, 0.15) is 51.5 Å². The molecule has 4 N–H and O–H groups in total. The third-order valence-corrected chi connectivity index (χ3v) is 5.00. The Labute approximate surface area is 159 Å². The van der Waals surface area contributed by atoms with E-state index >= 15 is 0 Å². The van der Waals surface area contributed by atoms with Crippen LogP contribution in [-0.2, 0) is 25.5 Å². The summed E-state index contributed by atoms with van der Waals surface area (Å²) >= 11 is 0. The van der Waals surface area contributed by atoms with Gasteiger partial charge in [0, 0.05) is 0 Å². The van der Waals surface area contributed by atoms with E-state index in [2.05, 4.69) is 0 Å². The molecule has 0 aromatic heterocycles. The second-order valence-electron chi connectivity index (χ2n) is 7.25. The molecule has 0 heterocycles. The fourth-order valence-corrected chi connectivity index (χ4v) is 3.11. The van der Waals surface area contributed by atoms with Gasteiger partial charge in [-0.05, 0) is 50.8 Å². The summed E-state index contributed by atoms with van der Waals surface area (Å²) in [4.78, 5) is 24.4. The number of carbonyl (C=O) groups excluding carboxylic acids is 2. The van der Waals surface area contributed by atoms with Crippen molar-refractivity contribution >= 4 is 11.9 Å². The van der Waals surface area contributed by atoms with E-state index in [9.17, 15) is 19.8 Å². The van der Waals surface area contributed by atoms with Crippen LogP contribution in [-0.4, -0.2) is 40.4 Å². The van der Waals surface area contributed by atoms with Crippen LogP contribution in [0, 0.1) is 5.92 Å². The molecule has 2 rings (SSSR count). The predicted molar refractivity (Wildman–Crippen MR) is 99.1 cm³/mol. The van der Waals surface area contributed by atoms with Crippen molar-refractivity contribution in [3.63, 3.8) is 0 Å². The summed E-state index contributed by atoms with van der Waals surface area (Å²) in [6, 6.07) is 3.32. The first-order chi connectivity index (χ1) is 12.8. The first-order valence-corrected chi connectivity index (χ1v) is 9.45. The first-order valence-electron chi connectivity index (χ1n) is 9.45. The van der Waals surface area contributed by atoms with E-state index in [0.29, 0.717) is 5.56 Å². The van der Waals surface area contributed by atoms with E-state index in [0.717, 1.165) is 32.1 Å². The van der Waals surface area contributed by atoms with Crippen LogP contribution in [0.3, 0.4) is 0 Å². The molecule has 3 atom stereocenters. The summed E-state index contributed by atoms with van der Waals surface area (Å²) in [5.41, 5.74) is 6.47. The van der Waals surface area contributed by atoms with E-state index in [-0.39, 0.29) is 29.8 Å². The summed E-state index contributed by atoms with van der Waals surface area (Å²) in [5.74, 6) is -1.42. The maximum atomic E-state index is 12.2. The Morgan fingerprint density at radius 1 is 1.07 bits per heavy atom. The molecule has 0 unspecified atom stereocenters. The third-order valence-electron chi connectivity index (χ3n) is 5.00. The van der Waals surface area contributed by atoms with E-state index in [1.54, 1.807) is 19.9 Å². The van der Waals surface area contributed by atoms with Gasteiger partial charge in [-0.15, -0.1) is 0 Å². The second-order valence-corrected chi connectivity index (χ2v) is 7.25. The van der Waals surface area contributed by atoms with Crippen molar-refractivity contribution in [2.24, 2.45) is 11.7 Å². The van der Waals surface area contributed by atoms with Crippen molar-refractivity contribution in [3.05, 3.63) is 23.8 Å². The van der Waals surface area contributed by atoms with Crippen LogP contribution in [0.15, 0.2) is 18.2 Å². The number of phenols is 2. The Hall–Kier alpha value is -2.28. The van der Waals surface area contributed by atoms with E-state index < -0.39 is 24.2 Å². The number of hydrogen-bond donors (Lipinski definition) is 3. The number of aromatic hydroxyl groups is 2. The van der Waals surface area contributed by atoms with Gasteiger partial charge >= 0.3 is 11.9 Å². The summed E-state index contributed by atoms with van der Waals surface area (Å²) in [7, 11) is 0. The fourth-order valence-electron chi connectivity index (χ4n) is 3.11. The third kappa shape index (κ3) is 6.13. The molecule has 7 nitrogen and oxygen atoms in total. The predicted octanol–water partition coefficient (Wildman–Crippen LogP) is 2.41. The van der Waals surface area contributed by atoms with Crippen molar-refractivity contribution < 1.29 is 29.3 Å². The Kier molecular flexibility index (Phi) is 7.47. The molecule has 1 aromatic rings. The number of benzene rings is 1. The molecule has 1 aliphatic carbocycles. The molecular weight excluding hydrogens is 350 g/mol. The van der Waals surface area contributed by atoms with E-state index in [1.807, 2.05) is 0 Å². The van der Waals surface area contributed by atoms with Crippen molar-refractivity contribution in [1.29, 1.82) is 0 Å². The molecular formula is C20H29NO6. The SMILES string of the molecule is C[C@H](OC(=O)C1CCCCC1)[C@H](C)OC(=O)[C@@H](N)Cc1ccc(O)c(O)c1. The van der Waals surface area contributed by atoms with Gasteiger partial charge in [0.25, 0.3) is 0 Å². The topological polar surface area (TPSA) is 119 Å². The average Bonchev–Trinajstić information content (AvgIpc) is 2.65. The molecule has 0 radical (unpaired) electrons. The normalized spacial score (nSPS) is 18.3. The van der Waals surface area contributed by atoms with Crippen molar-refractivity contribution in [3.8, 4) is 11.5 Å². The molecule has 0 bridgehead atoms. The second kappa shape index (κ2) is 9.60. The molecule has 0 spiro atoms. The van der Waals surface area contributed by atoms with Gasteiger partial charge in [-0.1, -0.05) is 25.3 Å². The lowest BCUT2D eigenvalue weighted by Crippen LogP contribution is -2.40. The van der Waals surface area contributed by atoms with Gasteiger partial charge in [0.1, 0.15) is 18.2 Å². The van der Waals surface area contributed by atoms with Crippen LogP contribution >= 0.6 is 0 Å². The first kappa shape index (κ1) is 21.0. The lowest BCUT2D eigenvalue weighted by Gasteiger charge is -2.26. The van der Waals surface area contributed by atoms with Gasteiger partial charge in [0.15, 0.2) is 11.5 Å².